The second-order valence-electron chi connectivity index (χ2n) is 5.87. The zero-order chi connectivity index (χ0) is 15.3. The molecule has 0 amide bonds. The van der Waals surface area contributed by atoms with Gasteiger partial charge in [0.2, 0.25) is 0 Å². The van der Waals surface area contributed by atoms with Gasteiger partial charge >= 0.3 is 0 Å². The van der Waals surface area contributed by atoms with E-state index in [2.05, 4.69) is 0 Å². The third-order valence-electron chi connectivity index (χ3n) is 4.12. The zero-order valence-corrected chi connectivity index (χ0v) is 12.3. The molecule has 1 aromatic rings. The average molecular weight is 293 g/mol. The predicted molar refractivity (Wildman–Crippen MR) is 82.1 cm³/mol. The summed E-state index contributed by atoms with van der Waals surface area (Å²) in [5.74, 6) is -0.426. The average Bonchev–Trinajstić information content (AvgIpc) is 2.47. The Morgan fingerprint density at radius 3 is 2.67 bits per heavy atom. The number of nitrogens with two attached hydrogens (primary N) is 1. The van der Waals surface area contributed by atoms with Crippen molar-refractivity contribution in [2.45, 2.75) is 50.2 Å². The molecule has 1 aliphatic carbocycles. The lowest BCUT2D eigenvalue weighted by Crippen LogP contribution is -2.28. The molecule has 0 heterocycles. The van der Waals surface area contributed by atoms with Crippen LogP contribution in [0.1, 0.15) is 55.8 Å². The van der Waals surface area contributed by atoms with E-state index < -0.39 is 17.5 Å². The SMILES string of the molecule is NCCC(O)c1cc(C=CC2(O)CCCCC2)ccc1F. The monoisotopic (exact) mass is 293 g/mol. The normalized spacial score (nSPS) is 19.8. The molecule has 1 aliphatic rings. The van der Waals surface area contributed by atoms with Gasteiger partial charge in [-0.15, -0.1) is 0 Å². The number of hydrogen-bond acceptors (Lipinski definition) is 3. The van der Waals surface area contributed by atoms with Crippen LogP contribution in [0.25, 0.3) is 6.08 Å². The van der Waals surface area contributed by atoms with Crippen molar-refractivity contribution in [2.24, 2.45) is 5.73 Å². The van der Waals surface area contributed by atoms with Crippen molar-refractivity contribution in [2.75, 3.05) is 6.54 Å². The summed E-state index contributed by atoms with van der Waals surface area (Å²) in [4.78, 5) is 0. The Bertz CT molecular complexity index is 496. The van der Waals surface area contributed by atoms with E-state index in [1.54, 1.807) is 18.2 Å². The Balaban J connectivity index is 2.15. The standard InChI is InChI=1S/C17H24FNO2/c18-15-5-4-13(12-14(15)16(20)7-11-19)6-10-17(21)8-2-1-3-9-17/h4-6,10,12,16,20-21H,1-3,7-9,11,19H2. The molecule has 1 unspecified atom stereocenters. The molecular formula is C17H24FNO2. The molecule has 1 atom stereocenters. The first kappa shape index (κ1) is 16.1. The third-order valence-corrected chi connectivity index (χ3v) is 4.12. The van der Waals surface area contributed by atoms with Gasteiger partial charge in [0.1, 0.15) is 5.82 Å². The van der Waals surface area contributed by atoms with Crippen LogP contribution in [0.4, 0.5) is 4.39 Å². The van der Waals surface area contributed by atoms with Gasteiger partial charge in [-0.05, 0) is 43.5 Å². The fraction of sp³-hybridized carbons (Fsp3) is 0.529. The van der Waals surface area contributed by atoms with Crippen molar-refractivity contribution in [3.63, 3.8) is 0 Å². The summed E-state index contributed by atoms with van der Waals surface area (Å²) >= 11 is 0. The van der Waals surface area contributed by atoms with E-state index in [1.165, 1.54) is 12.5 Å². The first-order valence-corrected chi connectivity index (χ1v) is 7.63. The van der Waals surface area contributed by atoms with Gasteiger partial charge in [-0.1, -0.05) is 37.5 Å². The Morgan fingerprint density at radius 2 is 2.00 bits per heavy atom. The molecule has 0 spiro atoms. The van der Waals surface area contributed by atoms with Gasteiger partial charge in [0.25, 0.3) is 0 Å². The van der Waals surface area contributed by atoms with E-state index in [-0.39, 0.29) is 5.56 Å². The van der Waals surface area contributed by atoms with Gasteiger partial charge in [0.15, 0.2) is 0 Å². The van der Waals surface area contributed by atoms with Crippen LogP contribution in [0.15, 0.2) is 24.3 Å². The highest BCUT2D eigenvalue weighted by Gasteiger charge is 2.25. The first-order valence-electron chi connectivity index (χ1n) is 7.63. The minimum absolute atomic E-state index is 0.262. The lowest BCUT2D eigenvalue weighted by molar-refractivity contribution is 0.0521. The van der Waals surface area contributed by atoms with Crippen molar-refractivity contribution in [3.8, 4) is 0 Å². The molecule has 4 N–H and O–H groups in total. The van der Waals surface area contributed by atoms with Crippen LogP contribution in [0.5, 0.6) is 0 Å². The molecule has 4 heteroatoms. The Labute approximate surface area is 125 Å². The molecule has 0 aromatic heterocycles. The second-order valence-corrected chi connectivity index (χ2v) is 5.87. The quantitative estimate of drug-likeness (QED) is 0.782. The van der Waals surface area contributed by atoms with E-state index in [0.717, 1.165) is 31.2 Å². The molecule has 0 radical (unpaired) electrons. The summed E-state index contributed by atoms with van der Waals surface area (Å²) in [6.45, 7) is 0.306. The maximum atomic E-state index is 13.7. The second kappa shape index (κ2) is 7.16. The lowest BCUT2D eigenvalue weighted by Gasteiger charge is -2.28. The van der Waals surface area contributed by atoms with Gasteiger partial charge in [-0.3, -0.25) is 0 Å². The van der Waals surface area contributed by atoms with Crippen molar-refractivity contribution in [3.05, 3.63) is 41.2 Å². The lowest BCUT2D eigenvalue weighted by atomic mass is 9.84. The van der Waals surface area contributed by atoms with Crippen molar-refractivity contribution in [1.29, 1.82) is 0 Å². The Hall–Kier alpha value is -1.23. The maximum Gasteiger partial charge on any atom is 0.129 e. The molecular weight excluding hydrogens is 269 g/mol. The topological polar surface area (TPSA) is 66.5 Å². The number of hydrogen-bond donors (Lipinski definition) is 3. The molecule has 1 saturated carbocycles. The number of rotatable bonds is 5. The van der Waals surface area contributed by atoms with Crippen LogP contribution >= 0.6 is 0 Å². The fourth-order valence-corrected chi connectivity index (χ4v) is 2.82. The fourth-order valence-electron chi connectivity index (χ4n) is 2.82. The van der Waals surface area contributed by atoms with Crippen molar-refractivity contribution >= 4 is 6.08 Å². The Morgan fingerprint density at radius 1 is 1.29 bits per heavy atom. The first-order chi connectivity index (χ1) is 10.0. The molecule has 21 heavy (non-hydrogen) atoms. The minimum Gasteiger partial charge on any atom is -0.388 e. The van der Waals surface area contributed by atoms with Gasteiger partial charge in [0, 0.05) is 5.56 Å². The van der Waals surface area contributed by atoms with Crippen LogP contribution in [0.3, 0.4) is 0 Å². The molecule has 0 bridgehead atoms. The van der Waals surface area contributed by atoms with Crippen LogP contribution in [-0.4, -0.2) is 22.4 Å². The number of aliphatic hydroxyl groups excluding tert-OH is 1. The predicted octanol–water partition coefficient (Wildman–Crippen LogP) is 2.92. The van der Waals surface area contributed by atoms with Gasteiger partial charge in [-0.2, -0.15) is 0 Å². The van der Waals surface area contributed by atoms with Crippen LogP contribution in [0, 0.1) is 5.82 Å². The molecule has 3 nitrogen and oxygen atoms in total. The van der Waals surface area contributed by atoms with Crippen LogP contribution in [0.2, 0.25) is 0 Å². The highest BCUT2D eigenvalue weighted by molar-refractivity contribution is 5.52. The van der Waals surface area contributed by atoms with E-state index in [0.29, 0.717) is 13.0 Å². The molecule has 0 aliphatic heterocycles. The zero-order valence-electron chi connectivity index (χ0n) is 12.3. The molecule has 2 rings (SSSR count). The smallest absolute Gasteiger partial charge is 0.129 e. The summed E-state index contributed by atoms with van der Waals surface area (Å²) in [6.07, 6.45) is 7.83. The summed E-state index contributed by atoms with van der Waals surface area (Å²) in [6, 6.07) is 4.62. The van der Waals surface area contributed by atoms with Gasteiger partial charge < -0.3 is 15.9 Å². The van der Waals surface area contributed by atoms with E-state index in [1.807, 2.05) is 6.08 Å². The maximum absolute atomic E-state index is 13.7. The largest absolute Gasteiger partial charge is 0.388 e. The van der Waals surface area contributed by atoms with Crippen molar-refractivity contribution < 1.29 is 14.6 Å². The molecule has 116 valence electrons. The number of benzene rings is 1. The van der Waals surface area contributed by atoms with Crippen LogP contribution in [-0.2, 0) is 0 Å². The summed E-state index contributed by atoms with van der Waals surface area (Å²) in [5, 5.41) is 20.3. The van der Waals surface area contributed by atoms with E-state index >= 15 is 0 Å². The van der Waals surface area contributed by atoms with Gasteiger partial charge in [-0.25, -0.2) is 4.39 Å². The summed E-state index contributed by atoms with van der Waals surface area (Å²) < 4.78 is 13.7. The van der Waals surface area contributed by atoms with E-state index in [4.69, 9.17) is 5.73 Å². The third kappa shape index (κ3) is 4.37. The Kier molecular flexibility index (Phi) is 5.51. The van der Waals surface area contributed by atoms with Crippen molar-refractivity contribution in [1.82, 2.24) is 0 Å². The summed E-state index contributed by atoms with van der Waals surface area (Å²) in [7, 11) is 0. The molecule has 1 aromatic carbocycles. The molecule has 0 saturated heterocycles. The van der Waals surface area contributed by atoms with Gasteiger partial charge in [0.05, 0.1) is 11.7 Å². The number of halogens is 1. The highest BCUT2D eigenvalue weighted by Crippen LogP contribution is 2.30. The summed E-state index contributed by atoms with van der Waals surface area (Å²) in [5.41, 5.74) is 5.69. The highest BCUT2D eigenvalue weighted by atomic mass is 19.1. The number of aliphatic hydroxyl groups is 2. The molecule has 1 fully saturated rings. The van der Waals surface area contributed by atoms with Crippen LogP contribution < -0.4 is 5.73 Å². The van der Waals surface area contributed by atoms with E-state index in [9.17, 15) is 14.6 Å². The minimum atomic E-state index is -0.888.